The number of aromatic amines is 1. The average Bonchev–Trinajstić information content (AvgIpc) is 3.62. The molecular formula is C30H27N5. The van der Waals surface area contributed by atoms with E-state index in [1.807, 2.05) is 18.7 Å². The fourth-order valence-electron chi connectivity index (χ4n) is 4.84. The highest BCUT2D eigenvalue weighted by atomic mass is 15.2. The lowest BCUT2D eigenvalue weighted by Gasteiger charge is -2.10. The summed E-state index contributed by atoms with van der Waals surface area (Å²) in [5.41, 5.74) is 8.91. The molecule has 0 aliphatic heterocycles. The number of H-pyrrole nitrogens is 1. The van der Waals surface area contributed by atoms with Crippen molar-refractivity contribution in [3.63, 3.8) is 0 Å². The highest BCUT2D eigenvalue weighted by molar-refractivity contribution is 6.00. The monoisotopic (exact) mass is 457 g/mol. The Labute approximate surface area is 204 Å². The van der Waals surface area contributed by atoms with Crippen molar-refractivity contribution in [1.29, 1.82) is 0 Å². The Balaban J connectivity index is 1.66. The van der Waals surface area contributed by atoms with Crippen molar-refractivity contribution >= 4 is 10.9 Å². The predicted molar refractivity (Wildman–Crippen MR) is 143 cm³/mol. The van der Waals surface area contributed by atoms with Gasteiger partial charge in [-0.3, -0.25) is 4.57 Å². The van der Waals surface area contributed by atoms with E-state index in [9.17, 15) is 0 Å². The van der Waals surface area contributed by atoms with Crippen LogP contribution in [0.3, 0.4) is 0 Å². The number of aryl methyl sites for hydroxylation is 3. The van der Waals surface area contributed by atoms with E-state index in [1.54, 1.807) is 0 Å². The van der Waals surface area contributed by atoms with E-state index in [4.69, 9.17) is 4.98 Å². The Morgan fingerprint density at radius 1 is 0.829 bits per heavy atom. The van der Waals surface area contributed by atoms with Crippen molar-refractivity contribution in [3.05, 3.63) is 103 Å². The van der Waals surface area contributed by atoms with Gasteiger partial charge in [0, 0.05) is 35.5 Å². The molecule has 35 heavy (non-hydrogen) atoms. The predicted octanol–water partition coefficient (Wildman–Crippen LogP) is 7.19. The van der Waals surface area contributed by atoms with Crippen molar-refractivity contribution in [2.24, 2.45) is 0 Å². The van der Waals surface area contributed by atoms with Crippen LogP contribution in [0.15, 0.2) is 91.5 Å². The molecular weight excluding hydrogens is 430 g/mol. The van der Waals surface area contributed by atoms with Gasteiger partial charge in [0.05, 0.1) is 22.5 Å². The largest absolute Gasteiger partial charge is 0.337 e. The van der Waals surface area contributed by atoms with E-state index in [0.717, 1.165) is 51.7 Å². The molecule has 172 valence electrons. The maximum atomic E-state index is 5.24. The van der Waals surface area contributed by atoms with Crippen LogP contribution in [0.25, 0.3) is 50.6 Å². The molecule has 0 amide bonds. The SMILES string of the molecule is CCn1c(-n2ccnc2)c(-c2nc(-c3ccc(C)cc3)c(-c3ccc(C)cc3)[nH]2)c2ccccc21. The first-order chi connectivity index (χ1) is 17.1. The zero-order chi connectivity index (χ0) is 23.9. The molecule has 0 atom stereocenters. The van der Waals surface area contributed by atoms with Crippen molar-refractivity contribution < 1.29 is 0 Å². The van der Waals surface area contributed by atoms with Crippen molar-refractivity contribution in [2.75, 3.05) is 0 Å². The first kappa shape index (κ1) is 21.2. The van der Waals surface area contributed by atoms with Gasteiger partial charge in [0.1, 0.15) is 18.0 Å². The lowest BCUT2D eigenvalue weighted by atomic mass is 10.0. The molecule has 3 aromatic heterocycles. The molecule has 0 bridgehead atoms. The van der Waals surface area contributed by atoms with Gasteiger partial charge in [0.15, 0.2) is 0 Å². The summed E-state index contributed by atoms with van der Waals surface area (Å²) in [7, 11) is 0. The second kappa shape index (κ2) is 8.44. The maximum Gasteiger partial charge on any atom is 0.142 e. The smallest absolute Gasteiger partial charge is 0.142 e. The van der Waals surface area contributed by atoms with Gasteiger partial charge < -0.3 is 9.55 Å². The van der Waals surface area contributed by atoms with Gasteiger partial charge in [0.2, 0.25) is 0 Å². The Morgan fingerprint density at radius 3 is 2.17 bits per heavy atom. The summed E-state index contributed by atoms with van der Waals surface area (Å²) in [6, 6.07) is 25.7. The minimum atomic E-state index is 0.838. The summed E-state index contributed by atoms with van der Waals surface area (Å²) < 4.78 is 4.41. The molecule has 3 heterocycles. The number of fused-ring (bicyclic) bond motifs is 1. The van der Waals surface area contributed by atoms with Gasteiger partial charge in [-0.1, -0.05) is 77.9 Å². The van der Waals surface area contributed by atoms with Gasteiger partial charge in [0.25, 0.3) is 0 Å². The lowest BCUT2D eigenvalue weighted by Crippen LogP contribution is -2.04. The van der Waals surface area contributed by atoms with Gasteiger partial charge in [-0.15, -0.1) is 0 Å². The van der Waals surface area contributed by atoms with Crippen molar-refractivity contribution in [1.82, 2.24) is 24.1 Å². The van der Waals surface area contributed by atoms with Crippen LogP contribution in [0.2, 0.25) is 0 Å². The van der Waals surface area contributed by atoms with E-state index in [0.29, 0.717) is 0 Å². The number of rotatable bonds is 5. The summed E-state index contributed by atoms with van der Waals surface area (Å²) in [5.74, 6) is 1.91. The molecule has 1 N–H and O–H groups in total. The molecule has 3 aromatic carbocycles. The zero-order valence-corrected chi connectivity index (χ0v) is 20.2. The Bertz CT molecular complexity index is 1550. The molecule has 6 rings (SSSR count). The van der Waals surface area contributed by atoms with E-state index >= 15 is 0 Å². The first-order valence-electron chi connectivity index (χ1n) is 12.0. The van der Waals surface area contributed by atoms with Gasteiger partial charge >= 0.3 is 0 Å². The third-order valence-corrected chi connectivity index (χ3v) is 6.61. The van der Waals surface area contributed by atoms with Crippen molar-refractivity contribution in [2.45, 2.75) is 27.3 Å². The van der Waals surface area contributed by atoms with Crippen LogP contribution in [-0.4, -0.2) is 24.1 Å². The summed E-state index contributed by atoms with van der Waals surface area (Å²) in [4.78, 5) is 13.3. The first-order valence-corrected chi connectivity index (χ1v) is 12.0. The highest BCUT2D eigenvalue weighted by Crippen LogP contribution is 2.40. The quantitative estimate of drug-likeness (QED) is 0.298. The maximum absolute atomic E-state index is 5.24. The third-order valence-electron chi connectivity index (χ3n) is 6.61. The zero-order valence-electron chi connectivity index (χ0n) is 20.2. The summed E-state index contributed by atoms with van der Waals surface area (Å²) in [5, 5.41) is 1.16. The molecule has 0 spiro atoms. The fourth-order valence-corrected chi connectivity index (χ4v) is 4.84. The van der Waals surface area contributed by atoms with Crippen LogP contribution in [0.5, 0.6) is 0 Å². The number of aromatic nitrogens is 5. The number of hydrogen-bond acceptors (Lipinski definition) is 2. The number of para-hydroxylation sites is 1. The molecule has 0 unspecified atom stereocenters. The van der Waals surface area contributed by atoms with Crippen LogP contribution in [-0.2, 0) is 6.54 Å². The second-order valence-electron chi connectivity index (χ2n) is 8.97. The van der Waals surface area contributed by atoms with Crippen LogP contribution >= 0.6 is 0 Å². The van der Waals surface area contributed by atoms with E-state index in [2.05, 4.69) is 113 Å². The minimum Gasteiger partial charge on any atom is -0.337 e. The van der Waals surface area contributed by atoms with Crippen LogP contribution in [0.4, 0.5) is 0 Å². The van der Waals surface area contributed by atoms with Crippen LogP contribution in [0.1, 0.15) is 18.1 Å². The Morgan fingerprint density at radius 2 is 1.51 bits per heavy atom. The summed E-state index contributed by atoms with van der Waals surface area (Å²) in [6.07, 6.45) is 5.67. The van der Waals surface area contributed by atoms with Crippen LogP contribution < -0.4 is 0 Å². The molecule has 5 heteroatoms. The van der Waals surface area contributed by atoms with Gasteiger partial charge in [-0.05, 0) is 26.8 Å². The third kappa shape index (κ3) is 3.56. The minimum absolute atomic E-state index is 0.838. The molecule has 6 aromatic rings. The fraction of sp³-hybridized carbons (Fsp3) is 0.133. The number of hydrogen-bond donors (Lipinski definition) is 1. The Kier molecular flexibility index (Phi) is 5.10. The van der Waals surface area contributed by atoms with E-state index in [-0.39, 0.29) is 0 Å². The molecule has 0 saturated heterocycles. The van der Waals surface area contributed by atoms with E-state index in [1.165, 1.54) is 16.6 Å². The number of imidazole rings is 2. The lowest BCUT2D eigenvalue weighted by molar-refractivity contribution is 0.756. The molecule has 0 aliphatic carbocycles. The molecule has 0 fully saturated rings. The highest BCUT2D eigenvalue weighted by Gasteiger charge is 2.24. The molecule has 5 nitrogen and oxygen atoms in total. The summed E-state index contributed by atoms with van der Waals surface area (Å²) >= 11 is 0. The van der Waals surface area contributed by atoms with E-state index < -0.39 is 0 Å². The topological polar surface area (TPSA) is 51.4 Å². The van der Waals surface area contributed by atoms with Crippen molar-refractivity contribution in [3.8, 4) is 39.7 Å². The normalized spacial score (nSPS) is 11.4. The van der Waals surface area contributed by atoms with Gasteiger partial charge in [-0.2, -0.15) is 0 Å². The Hall–Kier alpha value is -4.38. The number of nitrogens with one attached hydrogen (secondary N) is 1. The molecule has 0 aliphatic rings. The van der Waals surface area contributed by atoms with Gasteiger partial charge in [-0.25, -0.2) is 9.97 Å². The molecule has 0 saturated carbocycles. The molecule has 0 radical (unpaired) electrons. The number of benzene rings is 3. The average molecular weight is 458 g/mol. The standard InChI is InChI=1S/C30H27N5/c1-4-35-25-8-6-5-7-24(25)26(30(35)34-18-17-31-19-34)29-32-27(22-13-9-20(2)10-14-22)28(33-29)23-15-11-21(3)12-16-23/h5-19H,4H2,1-3H3,(H,32,33). The number of nitrogens with zero attached hydrogens (tertiary/aromatic N) is 4. The summed E-state index contributed by atoms with van der Waals surface area (Å²) in [6.45, 7) is 7.23. The van der Waals surface area contributed by atoms with Crippen LogP contribution in [0, 0.1) is 13.8 Å². The second-order valence-corrected chi connectivity index (χ2v) is 8.97.